The van der Waals surface area contributed by atoms with Crippen LogP contribution in [0, 0.1) is 5.82 Å². The second-order valence-electron chi connectivity index (χ2n) is 5.51. The highest BCUT2D eigenvalue weighted by Crippen LogP contribution is 2.20. The minimum atomic E-state index is -3.84. The Bertz CT molecular complexity index is 814. The molecule has 0 radical (unpaired) electrons. The molecule has 2 aromatic rings. The van der Waals surface area contributed by atoms with Gasteiger partial charge < -0.3 is 0 Å². The van der Waals surface area contributed by atoms with Crippen LogP contribution in [-0.2, 0) is 10.0 Å². The van der Waals surface area contributed by atoms with E-state index >= 15 is 0 Å². The maximum atomic E-state index is 13.8. The molecule has 2 heterocycles. The predicted molar refractivity (Wildman–Crippen MR) is 90.2 cm³/mol. The molecule has 8 heteroatoms. The van der Waals surface area contributed by atoms with Crippen molar-refractivity contribution < 1.29 is 17.6 Å². The second-order valence-corrected chi connectivity index (χ2v) is 8.37. The molecule has 0 aliphatic carbocycles. The highest BCUT2D eigenvalue weighted by molar-refractivity contribution is 7.89. The first-order valence-electron chi connectivity index (χ1n) is 7.52. The van der Waals surface area contributed by atoms with E-state index in [-0.39, 0.29) is 30.3 Å². The third-order valence-electron chi connectivity index (χ3n) is 3.95. The number of Topliss-reactive ketones (excluding diaryl/α,β-unsaturated/α-hetero) is 1. The van der Waals surface area contributed by atoms with Gasteiger partial charge in [-0.25, -0.2) is 12.8 Å². The molecule has 1 saturated heterocycles. The summed E-state index contributed by atoms with van der Waals surface area (Å²) in [4.78, 5) is 14.4. The summed E-state index contributed by atoms with van der Waals surface area (Å²) >= 11 is 1.40. The molecule has 0 unspecified atom stereocenters. The summed E-state index contributed by atoms with van der Waals surface area (Å²) in [6.45, 7) is 1.66. The highest BCUT2D eigenvalue weighted by Gasteiger charge is 2.30. The van der Waals surface area contributed by atoms with Crippen molar-refractivity contribution >= 4 is 27.1 Å². The molecule has 5 nitrogen and oxygen atoms in total. The number of ketones is 1. The Labute approximate surface area is 144 Å². The highest BCUT2D eigenvalue weighted by atomic mass is 32.2. The van der Waals surface area contributed by atoms with Gasteiger partial charge in [-0.15, -0.1) is 11.3 Å². The van der Waals surface area contributed by atoms with Gasteiger partial charge in [0.25, 0.3) is 0 Å². The van der Waals surface area contributed by atoms with Gasteiger partial charge >= 0.3 is 0 Å². The number of rotatable bonds is 5. The normalized spacial score (nSPS) is 17.0. The SMILES string of the molecule is O=C(CN1CCN(S(=O)(=O)c2ccccc2F)CC1)c1cccs1. The molecule has 1 aliphatic rings. The van der Waals surface area contributed by atoms with Gasteiger partial charge in [-0.3, -0.25) is 9.69 Å². The molecule has 24 heavy (non-hydrogen) atoms. The summed E-state index contributed by atoms with van der Waals surface area (Å²) in [5.41, 5.74) is 0. The predicted octanol–water partition coefficient (Wildman–Crippen LogP) is 2.08. The lowest BCUT2D eigenvalue weighted by Gasteiger charge is -2.33. The number of nitrogens with zero attached hydrogens (tertiary/aromatic N) is 2. The van der Waals surface area contributed by atoms with Crippen LogP contribution in [0.25, 0.3) is 0 Å². The number of benzene rings is 1. The van der Waals surface area contributed by atoms with Crippen molar-refractivity contribution in [3.63, 3.8) is 0 Å². The van der Waals surface area contributed by atoms with Crippen LogP contribution in [0.2, 0.25) is 0 Å². The molecular formula is C16H17FN2O3S2. The molecule has 3 rings (SSSR count). The van der Waals surface area contributed by atoms with E-state index in [1.807, 2.05) is 16.3 Å². The average molecular weight is 368 g/mol. The first kappa shape index (κ1) is 17.2. The zero-order valence-electron chi connectivity index (χ0n) is 12.9. The van der Waals surface area contributed by atoms with Crippen molar-refractivity contribution in [2.45, 2.75) is 4.90 Å². The molecule has 1 fully saturated rings. The van der Waals surface area contributed by atoms with Crippen LogP contribution < -0.4 is 0 Å². The summed E-state index contributed by atoms with van der Waals surface area (Å²) in [5.74, 6) is -0.705. The number of halogens is 1. The summed E-state index contributed by atoms with van der Waals surface area (Å²) < 4.78 is 40.1. The van der Waals surface area contributed by atoms with Crippen molar-refractivity contribution in [3.8, 4) is 0 Å². The van der Waals surface area contributed by atoms with Crippen LogP contribution in [0.4, 0.5) is 4.39 Å². The first-order chi connectivity index (χ1) is 11.5. The van der Waals surface area contributed by atoms with E-state index in [0.717, 1.165) is 6.07 Å². The van der Waals surface area contributed by atoms with Gasteiger partial charge in [-0.1, -0.05) is 18.2 Å². The van der Waals surface area contributed by atoms with Gasteiger partial charge in [0.15, 0.2) is 5.78 Å². The van der Waals surface area contributed by atoms with Crippen molar-refractivity contribution in [2.75, 3.05) is 32.7 Å². The van der Waals surface area contributed by atoms with E-state index in [9.17, 15) is 17.6 Å². The molecule has 0 N–H and O–H groups in total. The van der Waals surface area contributed by atoms with E-state index in [4.69, 9.17) is 0 Å². The molecule has 1 aromatic heterocycles. The molecular weight excluding hydrogens is 351 g/mol. The Hall–Kier alpha value is -1.61. The summed E-state index contributed by atoms with van der Waals surface area (Å²) in [6, 6.07) is 9.00. The minimum Gasteiger partial charge on any atom is -0.293 e. The summed E-state index contributed by atoms with van der Waals surface area (Å²) in [5, 5.41) is 1.85. The van der Waals surface area contributed by atoms with E-state index in [0.29, 0.717) is 18.0 Å². The summed E-state index contributed by atoms with van der Waals surface area (Å²) in [7, 11) is -3.84. The molecule has 0 saturated carbocycles. The second kappa shape index (κ2) is 7.10. The van der Waals surface area contributed by atoms with Crippen molar-refractivity contribution in [1.29, 1.82) is 0 Å². The molecule has 0 bridgehead atoms. The van der Waals surface area contributed by atoms with Crippen molar-refractivity contribution in [3.05, 3.63) is 52.5 Å². The monoisotopic (exact) mass is 368 g/mol. The van der Waals surface area contributed by atoms with Crippen LogP contribution >= 0.6 is 11.3 Å². The maximum Gasteiger partial charge on any atom is 0.246 e. The lowest BCUT2D eigenvalue weighted by atomic mass is 10.2. The van der Waals surface area contributed by atoms with Gasteiger partial charge in [0.05, 0.1) is 11.4 Å². The molecule has 0 amide bonds. The number of hydrogen-bond acceptors (Lipinski definition) is 5. The van der Waals surface area contributed by atoms with E-state index in [1.54, 1.807) is 6.07 Å². The van der Waals surface area contributed by atoms with Gasteiger partial charge in [0.1, 0.15) is 10.7 Å². The number of hydrogen-bond donors (Lipinski definition) is 0. The third kappa shape index (κ3) is 3.56. The Balaban J connectivity index is 1.63. The summed E-state index contributed by atoms with van der Waals surface area (Å²) in [6.07, 6.45) is 0. The fraction of sp³-hybridized carbons (Fsp3) is 0.312. The first-order valence-corrected chi connectivity index (χ1v) is 9.84. The lowest BCUT2D eigenvalue weighted by molar-refractivity contribution is 0.0905. The number of piperazine rings is 1. The van der Waals surface area contributed by atoms with E-state index < -0.39 is 15.8 Å². The fourth-order valence-corrected chi connectivity index (χ4v) is 4.78. The largest absolute Gasteiger partial charge is 0.293 e. The van der Waals surface area contributed by atoms with Crippen LogP contribution in [0.3, 0.4) is 0 Å². The number of sulfonamides is 1. The Morgan fingerprint density at radius 3 is 2.42 bits per heavy atom. The van der Waals surface area contributed by atoms with Gasteiger partial charge in [0, 0.05) is 26.2 Å². The lowest BCUT2D eigenvalue weighted by Crippen LogP contribution is -2.49. The Kier molecular flexibility index (Phi) is 5.09. The van der Waals surface area contributed by atoms with Gasteiger partial charge in [0.2, 0.25) is 10.0 Å². The molecule has 1 aliphatic heterocycles. The average Bonchev–Trinajstić information content (AvgIpc) is 3.10. The maximum absolute atomic E-state index is 13.8. The number of carbonyl (C=O) groups is 1. The standard InChI is InChI=1S/C16H17FN2O3S2/c17-13-4-1-2-6-16(13)24(21,22)19-9-7-18(8-10-19)12-14(20)15-5-3-11-23-15/h1-6,11H,7-10,12H2. The van der Waals surface area contributed by atoms with Crippen LogP contribution in [-0.4, -0.2) is 56.1 Å². The van der Waals surface area contributed by atoms with Crippen molar-refractivity contribution in [2.24, 2.45) is 0 Å². The molecule has 0 spiro atoms. The smallest absolute Gasteiger partial charge is 0.246 e. The van der Waals surface area contributed by atoms with Gasteiger partial charge in [-0.05, 0) is 23.6 Å². The van der Waals surface area contributed by atoms with E-state index in [1.165, 1.54) is 33.8 Å². The van der Waals surface area contributed by atoms with Crippen molar-refractivity contribution in [1.82, 2.24) is 9.21 Å². The molecule has 128 valence electrons. The molecule has 1 aromatic carbocycles. The molecule has 0 atom stereocenters. The zero-order valence-corrected chi connectivity index (χ0v) is 14.5. The fourth-order valence-electron chi connectivity index (χ4n) is 2.64. The number of carbonyl (C=O) groups excluding carboxylic acids is 1. The quantitative estimate of drug-likeness (QED) is 0.758. The topological polar surface area (TPSA) is 57.7 Å². The third-order valence-corrected chi connectivity index (χ3v) is 6.79. The minimum absolute atomic E-state index is 0.0374. The number of thiophene rings is 1. The van der Waals surface area contributed by atoms with E-state index in [2.05, 4.69) is 0 Å². The van der Waals surface area contributed by atoms with Crippen LogP contribution in [0.1, 0.15) is 9.67 Å². The van der Waals surface area contributed by atoms with Crippen LogP contribution in [0.5, 0.6) is 0 Å². The zero-order chi connectivity index (χ0) is 17.2. The Morgan fingerprint density at radius 2 is 1.79 bits per heavy atom. The van der Waals surface area contributed by atoms with Gasteiger partial charge in [-0.2, -0.15) is 4.31 Å². The Morgan fingerprint density at radius 1 is 1.08 bits per heavy atom. The van der Waals surface area contributed by atoms with Crippen LogP contribution in [0.15, 0.2) is 46.7 Å².